The number of hydrogen-bond acceptors (Lipinski definition) is 3. The monoisotopic (exact) mass is 269 g/mol. The molecular formula is C13H20ClN3O. The molecule has 1 aromatic heterocycles. The first kappa shape index (κ1) is 14.9. The first-order valence-corrected chi connectivity index (χ1v) is 6.54. The first-order chi connectivity index (χ1) is 8.63. The summed E-state index contributed by atoms with van der Waals surface area (Å²) in [5.74, 6) is 0.459. The minimum absolute atomic E-state index is 0.0932. The Bertz CT molecular complexity index is 357. The summed E-state index contributed by atoms with van der Waals surface area (Å²) in [6.07, 6.45) is 3.90. The minimum Gasteiger partial charge on any atom is -0.337 e. The van der Waals surface area contributed by atoms with Gasteiger partial charge in [-0.05, 0) is 25.7 Å². The highest BCUT2D eigenvalue weighted by atomic mass is 35.5. The number of likely N-dealkylation sites (N-methyl/N-ethyl adjacent to an activating group) is 1. The fraction of sp³-hybridized carbons (Fsp3) is 0.538. The molecule has 0 aliphatic heterocycles. The molecule has 0 saturated heterocycles. The van der Waals surface area contributed by atoms with E-state index in [1.165, 1.54) is 0 Å². The lowest BCUT2D eigenvalue weighted by Gasteiger charge is -2.24. The summed E-state index contributed by atoms with van der Waals surface area (Å²) < 4.78 is 0. The third-order valence-corrected chi connectivity index (χ3v) is 2.76. The highest BCUT2D eigenvalue weighted by molar-refractivity contribution is 6.18. The van der Waals surface area contributed by atoms with E-state index in [9.17, 15) is 4.79 Å². The molecule has 100 valence electrons. The SMILES string of the molecule is CN(C)CCN(Cc1cccnc1)C(=O)CCCl. The van der Waals surface area contributed by atoms with Gasteiger partial charge in [-0.25, -0.2) is 0 Å². The highest BCUT2D eigenvalue weighted by Gasteiger charge is 2.13. The van der Waals surface area contributed by atoms with Crippen LogP contribution in [0.4, 0.5) is 0 Å². The van der Waals surface area contributed by atoms with Crippen LogP contribution in [-0.4, -0.2) is 53.8 Å². The number of nitrogens with zero attached hydrogens (tertiary/aromatic N) is 3. The minimum atomic E-state index is 0.0932. The molecule has 0 aromatic carbocycles. The van der Waals surface area contributed by atoms with Crippen molar-refractivity contribution in [2.24, 2.45) is 0 Å². The van der Waals surface area contributed by atoms with Gasteiger partial charge < -0.3 is 9.80 Å². The third kappa shape index (κ3) is 5.47. The van der Waals surface area contributed by atoms with Crippen molar-refractivity contribution in [3.63, 3.8) is 0 Å². The summed E-state index contributed by atoms with van der Waals surface area (Å²) in [4.78, 5) is 19.9. The van der Waals surface area contributed by atoms with Gasteiger partial charge in [-0.15, -0.1) is 11.6 Å². The number of halogens is 1. The second-order valence-electron chi connectivity index (χ2n) is 4.42. The molecule has 0 atom stereocenters. The number of rotatable bonds is 7. The molecule has 5 heteroatoms. The van der Waals surface area contributed by atoms with Gasteiger partial charge in [0.2, 0.25) is 5.91 Å². The summed E-state index contributed by atoms with van der Waals surface area (Å²) in [5.41, 5.74) is 1.04. The Morgan fingerprint density at radius 2 is 2.17 bits per heavy atom. The molecule has 0 spiro atoms. The molecular weight excluding hydrogens is 250 g/mol. The first-order valence-electron chi connectivity index (χ1n) is 6.01. The second-order valence-corrected chi connectivity index (χ2v) is 4.80. The average Bonchev–Trinajstić information content (AvgIpc) is 2.35. The fourth-order valence-electron chi connectivity index (χ4n) is 1.56. The van der Waals surface area contributed by atoms with E-state index in [0.29, 0.717) is 25.4 Å². The maximum atomic E-state index is 12.0. The van der Waals surface area contributed by atoms with E-state index in [0.717, 1.165) is 12.1 Å². The van der Waals surface area contributed by atoms with Crippen LogP contribution in [0.2, 0.25) is 0 Å². The van der Waals surface area contributed by atoms with Crippen molar-refractivity contribution in [3.05, 3.63) is 30.1 Å². The normalized spacial score (nSPS) is 10.7. The van der Waals surface area contributed by atoms with Gasteiger partial charge in [0.25, 0.3) is 0 Å². The van der Waals surface area contributed by atoms with Gasteiger partial charge >= 0.3 is 0 Å². The van der Waals surface area contributed by atoms with E-state index in [1.54, 1.807) is 12.4 Å². The molecule has 4 nitrogen and oxygen atoms in total. The van der Waals surface area contributed by atoms with E-state index in [2.05, 4.69) is 9.88 Å². The molecule has 0 radical (unpaired) electrons. The Morgan fingerprint density at radius 3 is 2.72 bits per heavy atom. The zero-order valence-electron chi connectivity index (χ0n) is 11.0. The van der Waals surface area contributed by atoms with Crippen molar-refractivity contribution in [2.75, 3.05) is 33.1 Å². The second kappa shape index (κ2) is 8.06. The van der Waals surface area contributed by atoms with Crippen LogP contribution in [0.25, 0.3) is 0 Å². The quantitative estimate of drug-likeness (QED) is 0.706. The summed E-state index contributed by atoms with van der Waals surface area (Å²) in [5, 5.41) is 0. The number of carbonyl (C=O) groups is 1. The lowest BCUT2D eigenvalue weighted by Crippen LogP contribution is -2.36. The Hall–Kier alpha value is -1.13. The molecule has 0 aliphatic rings. The summed E-state index contributed by atoms with van der Waals surface area (Å²) >= 11 is 5.64. The van der Waals surface area contributed by atoms with Crippen LogP contribution in [-0.2, 0) is 11.3 Å². The van der Waals surface area contributed by atoms with Crippen LogP contribution < -0.4 is 0 Å². The van der Waals surface area contributed by atoms with Gasteiger partial charge in [-0.2, -0.15) is 0 Å². The van der Waals surface area contributed by atoms with Crippen molar-refractivity contribution in [2.45, 2.75) is 13.0 Å². The predicted molar refractivity (Wildman–Crippen MR) is 73.5 cm³/mol. The van der Waals surface area contributed by atoms with Crippen LogP contribution in [0.3, 0.4) is 0 Å². The lowest BCUT2D eigenvalue weighted by atomic mass is 10.2. The fourth-order valence-corrected chi connectivity index (χ4v) is 1.73. The van der Waals surface area contributed by atoms with Crippen molar-refractivity contribution in [3.8, 4) is 0 Å². The molecule has 1 rings (SSSR count). The maximum Gasteiger partial charge on any atom is 0.224 e. The van der Waals surface area contributed by atoms with Gasteiger partial charge in [-0.1, -0.05) is 6.07 Å². The topological polar surface area (TPSA) is 36.4 Å². The van der Waals surface area contributed by atoms with Crippen molar-refractivity contribution >= 4 is 17.5 Å². The molecule has 0 saturated carbocycles. The van der Waals surface area contributed by atoms with Gasteiger partial charge in [0.1, 0.15) is 0 Å². The van der Waals surface area contributed by atoms with Gasteiger partial charge in [-0.3, -0.25) is 9.78 Å². The largest absolute Gasteiger partial charge is 0.337 e. The maximum absolute atomic E-state index is 12.0. The Balaban J connectivity index is 2.62. The molecule has 1 amide bonds. The van der Waals surface area contributed by atoms with Crippen LogP contribution in [0.15, 0.2) is 24.5 Å². The Labute approximate surface area is 114 Å². The van der Waals surface area contributed by atoms with Gasteiger partial charge in [0.05, 0.1) is 0 Å². The molecule has 1 aromatic rings. The molecule has 0 N–H and O–H groups in total. The van der Waals surface area contributed by atoms with Crippen LogP contribution in [0, 0.1) is 0 Å². The van der Waals surface area contributed by atoms with Crippen molar-refractivity contribution in [1.29, 1.82) is 0 Å². The molecule has 0 unspecified atom stereocenters. The number of hydrogen-bond donors (Lipinski definition) is 0. The zero-order chi connectivity index (χ0) is 13.4. The van der Waals surface area contributed by atoms with E-state index in [1.807, 2.05) is 31.1 Å². The van der Waals surface area contributed by atoms with Gasteiger partial charge in [0, 0.05) is 44.3 Å². The number of carbonyl (C=O) groups excluding carboxylic acids is 1. The van der Waals surface area contributed by atoms with E-state index in [-0.39, 0.29) is 5.91 Å². The smallest absolute Gasteiger partial charge is 0.224 e. The third-order valence-electron chi connectivity index (χ3n) is 2.57. The van der Waals surface area contributed by atoms with E-state index in [4.69, 9.17) is 11.6 Å². The van der Waals surface area contributed by atoms with Crippen molar-refractivity contribution in [1.82, 2.24) is 14.8 Å². The summed E-state index contributed by atoms with van der Waals surface area (Å²) in [7, 11) is 3.99. The molecule has 1 heterocycles. The number of aromatic nitrogens is 1. The van der Waals surface area contributed by atoms with Crippen LogP contribution in [0.5, 0.6) is 0 Å². The van der Waals surface area contributed by atoms with Crippen molar-refractivity contribution < 1.29 is 4.79 Å². The Morgan fingerprint density at radius 1 is 1.39 bits per heavy atom. The predicted octanol–water partition coefficient (Wildman–Crippen LogP) is 1.60. The molecule has 0 fully saturated rings. The molecule has 18 heavy (non-hydrogen) atoms. The summed E-state index contributed by atoms with van der Waals surface area (Å²) in [6, 6.07) is 3.86. The van der Waals surface area contributed by atoms with Crippen LogP contribution in [0.1, 0.15) is 12.0 Å². The number of amides is 1. The van der Waals surface area contributed by atoms with E-state index >= 15 is 0 Å². The number of alkyl halides is 1. The zero-order valence-corrected chi connectivity index (χ0v) is 11.7. The number of pyridine rings is 1. The lowest BCUT2D eigenvalue weighted by molar-refractivity contribution is -0.131. The van der Waals surface area contributed by atoms with E-state index < -0.39 is 0 Å². The summed E-state index contributed by atoms with van der Waals surface area (Å²) in [6.45, 7) is 2.14. The highest BCUT2D eigenvalue weighted by Crippen LogP contribution is 2.05. The standard InChI is InChI=1S/C13H20ClN3O/c1-16(2)8-9-17(13(18)5-6-14)11-12-4-3-7-15-10-12/h3-4,7,10H,5-6,8-9,11H2,1-2H3. The Kier molecular flexibility index (Phi) is 6.68. The van der Waals surface area contributed by atoms with Gasteiger partial charge in [0.15, 0.2) is 0 Å². The molecule has 0 aliphatic carbocycles. The molecule has 0 bridgehead atoms. The van der Waals surface area contributed by atoms with Crippen LogP contribution >= 0.6 is 11.6 Å². The average molecular weight is 270 g/mol.